The predicted molar refractivity (Wildman–Crippen MR) is 182 cm³/mol. The van der Waals surface area contributed by atoms with Crippen LogP contribution in [0.4, 0.5) is 5.82 Å². The first-order valence-electron chi connectivity index (χ1n) is 16.7. The molecule has 2 fully saturated rings. The first-order chi connectivity index (χ1) is 22.6. The van der Waals surface area contributed by atoms with Crippen LogP contribution < -0.4 is 9.64 Å². The lowest BCUT2D eigenvalue weighted by atomic mass is 9.81. The summed E-state index contributed by atoms with van der Waals surface area (Å²) < 4.78 is 8.53. The van der Waals surface area contributed by atoms with Crippen molar-refractivity contribution in [2.75, 3.05) is 52.3 Å². The number of aryl methyl sites for hydroxylation is 1. The maximum absolute atomic E-state index is 12.9. The van der Waals surface area contributed by atoms with E-state index in [1.807, 2.05) is 10.7 Å². The number of nitrogens with zero attached hydrogens (tertiary/aromatic N) is 8. The Morgan fingerprint density at radius 3 is 2.72 bits per heavy atom. The molecule has 5 aliphatic rings. The number of ether oxygens (including phenoxy) is 1. The number of anilines is 1. The van der Waals surface area contributed by atoms with Crippen molar-refractivity contribution >= 4 is 34.9 Å². The topological polar surface area (TPSA) is 82.9 Å². The number of carbonyl (C=O) groups excluding carboxylic acids is 1. The molecule has 3 aromatic rings. The highest BCUT2D eigenvalue weighted by Crippen LogP contribution is 2.50. The molecule has 12 heteroatoms. The van der Waals surface area contributed by atoms with Gasteiger partial charge < -0.3 is 14.5 Å². The van der Waals surface area contributed by atoms with E-state index in [1.165, 1.54) is 28.0 Å². The first kappa shape index (κ1) is 31.1. The van der Waals surface area contributed by atoms with Crippen molar-refractivity contribution < 1.29 is 9.53 Å². The summed E-state index contributed by atoms with van der Waals surface area (Å²) in [4.78, 5) is 32.1. The van der Waals surface area contributed by atoms with Crippen LogP contribution in [0.5, 0.6) is 6.01 Å². The van der Waals surface area contributed by atoms with Crippen LogP contribution in [0.25, 0.3) is 0 Å². The fraction of sp³-hybridized carbons (Fsp3) is 0.543. The number of aromatic nitrogens is 4. The van der Waals surface area contributed by atoms with E-state index < -0.39 is 0 Å². The minimum atomic E-state index is -0.198. The maximum atomic E-state index is 12.9. The Morgan fingerprint density at radius 1 is 1.04 bits per heavy atom. The van der Waals surface area contributed by atoms with Crippen molar-refractivity contribution in [3.8, 4) is 6.01 Å². The van der Waals surface area contributed by atoms with Crippen LogP contribution in [-0.2, 0) is 38.0 Å². The van der Waals surface area contributed by atoms with E-state index in [2.05, 4.69) is 45.6 Å². The zero-order chi connectivity index (χ0) is 32.7. The molecule has 0 N–H and O–H groups in total. The van der Waals surface area contributed by atoms with Gasteiger partial charge in [0.15, 0.2) is 5.69 Å². The van der Waals surface area contributed by atoms with Gasteiger partial charge in [-0.2, -0.15) is 15.1 Å². The molecule has 248 valence electrons. The molecule has 10 nitrogen and oxygen atoms in total. The summed E-state index contributed by atoms with van der Waals surface area (Å²) in [5, 5.41) is 5.89. The Labute approximate surface area is 286 Å². The van der Waals surface area contributed by atoms with E-state index in [9.17, 15) is 4.79 Å². The standard InChI is InChI=1S/C35H42Cl2N8O2/c1-22-16-34(11-6-14-44(34)18-22)21-47-33-38-27-17-35(12-10-23-25(35)8-5-9-26(23)36)42(4)19-24(27)31(39-33)43-13-7-15-45-28(20-43)29(37)30(40-45)32(46)41(2)3/h5,8-9H,1,6-7,10-21H2,2-4H3/t34?,35-/m0/s1. The number of hydrogen-bond acceptors (Lipinski definition) is 8. The van der Waals surface area contributed by atoms with Gasteiger partial charge in [0, 0.05) is 57.3 Å². The largest absolute Gasteiger partial charge is 0.461 e. The van der Waals surface area contributed by atoms with Crippen LogP contribution in [0, 0.1) is 0 Å². The van der Waals surface area contributed by atoms with Gasteiger partial charge in [-0.3, -0.25) is 19.3 Å². The number of benzene rings is 1. The molecule has 1 unspecified atom stereocenters. The minimum absolute atomic E-state index is 0.0307. The zero-order valence-electron chi connectivity index (χ0n) is 27.5. The number of halogens is 2. The summed E-state index contributed by atoms with van der Waals surface area (Å²) in [6, 6.07) is 6.73. The second-order valence-electron chi connectivity index (χ2n) is 14.4. The normalized spacial score (nSPS) is 25.5. The number of amides is 1. The summed E-state index contributed by atoms with van der Waals surface area (Å²) in [7, 11) is 5.65. The third-order valence-corrected chi connectivity index (χ3v) is 12.0. The highest BCUT2D eigenvalue weighted by Gasteiger charge is 2.49. The summed E-state index contributed by atoms with van der Waals surface area (Å²) in [5.74, 6) is 0.676. The fourth-order valence-corrected chi connectivity index (χ4v) is 9.43. The van der Waals surface area contributed by atoms with E-state index in [4.69, 9.17) is 37.9 Å². The van der Waals surface area contributed by atoms with Crippen molar-refractivity contribution in [2.45, 2.75) is 75.7 Å². The van der Waals surface area contributed by atoms with Crippen LogP contribution in [0.2, 0.25) is 10.0 Å². The highest BCUT2D eigenvalue weighted by molar-refractivity contribution is 6.34. The Hall–Kier alpha value is -3.18. The van der Waals surface area contributed by atoms with Gasteiger partial charge in [0.25, 0.3) is 5.91 Å². The Balaban J connectivity index is 1.19. The van der Waals surface area contributed by atoms with Crippen molar-refractivity contribution in [3.63, 3.8) is 0 Å². The zero-order valence-corrected chi connectivity index (χ0v) is 29.0. The van der Waals surface area contributed by atoms with Gasteiger partial charge in [-0.25, -0.2) is 0 Å². The number of likely N-dealkylation sites (N-methyl/N-ethyl adjacent to an activating group) is 1. The lowest BCUT2D eigenvalue weighted by Gasteiger charge is -2.44. The van der Waals surface area contributed by atoms with E-state index in [0.717, 1.165) is 86.0 Å². The van der Waals surface area contributed by atoms with E-state index >= 15 is 0 Å². The summed E-state index contributed by atoms with van der Waals surface area (Å²) in [6.07, 6.45) is 6.74. The molecule has 0 radical (unpaired) electrons. The fourth-order valence-electron chi connectivity index (χ4n) is 8.88. The second-order valence-corrected chi connectivity index (χ2v) is 15.1. The molecule has 2 saturated heterocycles. The van der Waals surface area contributed by atoms with Crippen LogP contribution in [-0.4, -0.2) is 93.3 Å². The molecule has 0 saturated carbocycles. The molecule has 0 bridgehead atoms. The third kappa shape index (κ3) is 4.97. The van der Waals surface area contributed by atoms with Crippen LogP contribution in [0.15, 0.2) is 30.4 Å². The lowest BCUT2D eigenvalue weighted by Crippen LogP contribution is -2.48. The van der Waals surface area contributed by atoms with Gasteiger partial charge in [-0.1, -0.05) is 47.5 Å². The monoisotopic (exact) mass is 676 g/mol. The average molecular weight is 678 g/mol. The van der Waals surface area contributed by atoms with Gasteiger partial charge in [0.05, 0.1) is 34.0 Å². The molecule has 8 rings (SSSR count). The molecule has 2 aromatic heterocycles. The Morgan fingerprint density at radius 2 is 1.89 bits per heavy atom. The van der Waals surface area contributed by atoms with Crippen LogP contribution in [0.1, 0.15) is 70.7 Å². The number of fused-ring (bicyclic) bond motifs is 5. The smallest absolute Gasteiger partial charge is 0.318 e. The quantitative estimate of drug-likeness (QED) is 0.346. The minimum Gasteiger partial charge on any atom is -0.461 e. The molecule has 2 atom stereocenters. The SMILES string of the molecule is C=C1CN2CCCC2(COc2nc3c(c(N4CCCn5nc(C(=O)N(C)C)c(Cl)c5C4)n2)CN(C)[C@@]2(CCc4c(Cl)cccc42)C3)C1. The molecule has 1 spiro atoms. The molecule has 47 heavy (non-hydrogen) atoms. The summed E-state index contributed by atoms with van der Waals surface area (Å²) in [6.45, 7) is 9.50. The van der Waals surface area contributed by atoms with E-state index in [-0.39, 0.29) is 17.0 Å². The molecule has 1 aromatic carbocycles. The van der Waals surface area contributed by atoms with Crippen LogP contribution in [0.3, 0.4) is 0 Å². The Kier molecular flexibility index (Phi) is 7.59. The average Bonchev–Trinajstić information content (AvgIpc) is 3.73. The summed E-state index contributed by atoms with van der Waals surface area (Å²) >= 11 is 13.6. The summed E-state index contributed by atoms with van der Waals surface area (Å²) in [5.41, 5.74) is 6.86. The first-order valence-corrected chi connectivity index (χ1v) is 17.5. The van der Waals surface area contributed by atoms with Gasteiger partial charge >= 0.3 is 6.01 Å². The van der Waals surface area contributed by atoms with Gasteiger partial charge in [0.2, 0.25) is 0 Å². The highest BCUT2D eigenvalue weighted by atomic mass is 35.5. The Bertz CT molecular complexity index is 1790. The third-order valence-electron chi connectivity index (χ3n) is 11.3. The number of carbonyl (C=O) groups is 1. The van der Waals surface area contributed by atoms with Crippen molar-refractivity contribution in [2.24, 2.45) is 0 Å². The van der Waals surface area contributed by atoms with Gasteiger partial charge in [-0.05, 0) is 69.3 Å². The molecule has 1 amide bonds. The molecule has 4 aliphatic heterocycles. The van der Waals surface area contributed by atoms with Crippen molar-refractivity contribution in [3.05, 3.63) is 74.2 Å². The van der Waals surface area contributed by atoms with Gasteiger partial charge in [0.1, 0.15) is 12.4 Å². The molecule has 1 aliphatic carbocycles. The van der Waals surface area contributed by atoms with Crippen molar-refractivity contribution in [1.29, 1.82) is 0 Å². The molecular weight excluding hydrogens is 635 g/mol. The number of hydrogen-bond donors (Lipinski definition) is 0. The molecular formula is C35H42Cl2N8O2. The number of rotatable bonds is 5. The van der Waals surface area contributed by atoms with Crippen molar-refractivity contribution in [1.82, 2.24) is 34.4 Å². The predicted octanol–water partition coefficient (Wildman–Crippen LogP) is 5.09. The van der Waals surface area contributed by atoms with E-state index in [0.29, 0.717) is 43.0 Å². The van der Waals surface area contributed by atoms with E-state index in [1.54, 1.807) is 14.1 Å². The second kappa shape index (κ2) is 11.5. The molecule has 6 heterocycles. The lowest BCUT2D eigenvalue weighted by molar-refractivity contribution is 0.0821. The van der Waals surface area contributed by atoms with Crippen LogP contribution >= 0.6 is 23.2 Å². The van der Waals surface area contributed by atoms with Gasteiger partial charge in [-0.15, -0.1) is 0 Å². The maximum Gasteiger partial charge on any atom is 0.318 e.